The van der Waals surface area contributed by atoms with Gasteiger partial charge in [-0.25, -0.2) is 4.79 Å². The number of hydrogen-bond donors (Lipinski definition) is 1. The smallest absolute Gasteiger partial charge is 0.460 e. The van der Waals surface area contributed by atoms with Crippen molar-refractivity contribution < 1.29 is 58.2 Å². The molecule has 1 N–H and O–H groups in total. The summed E-state index contributed by atoms with van der Waals surface area (Å²) in [6, 6.07) is 0. The van der Waals surface area contributed by atoms with E-state index in [1.54, 1.807) is 6.58 Å². The second-order valence-corrected chi connectivity index (χ2v) is 3.58. The topological polar surface area (TPSA) is 37.3 Å². The van der Waals surface area contributed by atoms with E-state index in [1.807, 2.05) is 0 Å². The zero-order valence-corrected chi connectivity index (χ0v) is 9.22. The van der Waals surface area contributed by atoms with Crippen molar-refractivity contribution in [1.29, 1.82) is 0 Å². The average molecular weight is 340 g/mol. The molecule has 0 amide bonds. The van der Waals surface area contributed by atoms with E-state index >= 15 is 0 Å². The van der Waals surface area contributed by atoms with Crippen molar-refractivity contribution in [2.24, 2.45) is 0 Å². The third-order valence-electron chi connectivity index (χ3n) is 2.18. The lowest BCUT2D eigenvalue weighted by atomic mass is 9.94. The Bertz CT molecular complexity index is 448. The summed E-state index contributed by atoms with van der Waals surface area (Å²) < 4.78 is 136. The van der Waals surface area contributed by atoms with Crippen LogP contribution in [0.1, 0.15) is 0 Å². The van der Waals surface area contributed by atoms with Gasteiger partial charge in [0, 0.05) is 0 Å². The molecule has 21 heavy (non-hydrogen) atoms. The van der Waals surface area contributed by atoms with Crippen LogP contribution in [-0.2, 0) is 4.79 Å². The van der Waals surface area contributed by atoms with Crippen LogP contribution in [0.4, 0.5) is 48.3 Å². The Morgan fingerprint density at radius 3 is 1.29 bits per heavy atom. The van der Waals surface area contributed by atoms with Crippen LogP contribution in [0.3, 0.4) is 0 Å². The second kappa shape index (κ2) is 4.73. The van der Waals surface area contributed by atoms with E-state index < -0.39 is 41.4 Å². The van der Waals surface area contributed by atoms with Crippen molar-refractivity contribution in [2.75, 3.05) is 0 Å². The zero-order valence-electron chi connectivity index (χ0n) is 9.22. The van der Waals surface area contributed by atoms with Gasteiger partial charge in [0.05, 0.1) is 0 Å². The number of carbonyl (C=O) groups is 1. The Kier molecular flexibility index (Phi) is 4.38. The molecule has 0 saturated carbocycles. The molecule has 124 valence electrons. The normalized spacial score (nSPS) is 15.0. The molecule has 0 unspecified atom stereocenters. The highest BCUT2D eigenvalue weighted by atomic mass is 19.4. The number of alkyl halides is 11. The molecule has 0 aromatic rings. The van der Waals surface area contributed by atoms with Crippen LogP contribution in [0.25, 0.3) is 0 Å². The summed E-state index contributed by atoms with van der Waals surface area (Å²) in [5.74, 6) is -32.1. The molecule has 13 heteroatoms. The maximum Gasteiger partial charge on any atom is 0.460 e. The van der Waals surface area contributed by atoms with Gasteiger partial charge in [0.15, 0.2) is 0 Å². The summed E-state index contributed by atoms with van der Waals surface area (Å²) in [4.78, 5) is 10.00. The fourth-order valence-electron chi connectivity index (χ4n) is 0.896. The van der Waals surface area contributed by atoms with Crippen molar-refractivity contribution >= 4 is 5.97 Å². The van der Waals surface area contributed by atoms with Crippen LogP contribution >= 0.6 is 0 Å². The molecule has 0 saturated heterocycles. The summed E-state index contributed by atoms with van der Waals surface area (Å²) in [6.45, 7) is 1.76. The molecule has 2 nitrogen and oxygen atoms in total. The van der Waals surface area contributed by atoms with E-state index in [0.29, 0.717) is 0 Å². The Balaban J connectivity index is 6.13. The van der Waals surface area contributed by atoms with Gasteiger partial charge in [0.1, 0.15) is 5.57 Å². The van der Waals surface area contributed by atoms with E-state index in [2.05, 4.69) is 0 Å². The molecular formula is C8H3F11O2. The van der Waals surface area contributed by atoms with Crippen LogP contribution in [-0.4, -0.2) is 40.9 Å². The predicted octanol–water partition coefficient (Wildman–Crippen LogP) is 3.73. The van der Waals surface area contributed by atoms with Crippen molar-refractivity contribution in [3.8, 4) is 0 Å². The standard InChI is InChI=1S/C8H3F11O2/c1-2(3(20)21)4(9,10)5(11,12)6(13,14)7(15,16)8(17,18)19/h1H2,(H,20,21). The van der Waals surface area contributed by atoms with Crippen LogP contribution in [0.15, 0.2) is 12.2 Å². The Hall–Kier alpha value is -1.56. The fourth-order valence-corrected chi connectivity index (χ4v) is 0.896. The first-order valence-electron chi connectivity index (χ1n) is 4.36. The van der Waals surface area contributed by atoms with Crippen LogP contribution in [0, 0.1) is 0 Å². The number of rotatable bonds is 5. The van der Waals surface area contributed by atoms with E-state index in [0.717, 1.165) is 0 Å². The Labute approximate surface area is 107 Å². The molecule has 0 aromatic heterocycles. The lowest BCUT2D eigenvalue weighted by molar-refractivity contribution is -0.417. The van der Waals surface area contributed by atoms with E-state index in [4.69, 9.17) is 5.11 Å². The van der Waals surface area contributed by atoms with E-state index in [1.165, 1.54) is 0 Å². The summed E-state index contributed by atoms with van der Waals surface area (Å²) in [5.41, 5.74) is -2.98. The monoisotopic (exact) mass is 340 g/mol. The van der Waals surface area contributed by atoms with Crippen molar-refractivity contribution in [2.45, 2.75) is 29.9 Å². The van der Waals surface area contributed by atoms with Crippen molar-refractivity contribution in [3.63, 3.8) is 0 Å². The minimum Gasteiger partial charge on any atom is -0.478 e. The number of aliphatic carboxylic acids is 1. The summed E-state index contributed by atoms with van der Waals surface area (Å²) >= 11 is 0. The van der Waals surface area contributed by atoms with Gasteiger partial charge >= 0.3 is 35.8 Å². The molecule has 0 fully saturated rings. The molecule has 0 aliphatic carbocycles. The minimum atomic E-state index is -7.64. The van der Waals surface area contributed by atoms with Gasteiger partial charge < -0.3 is 5.11 Å². The Morgan fingerprint density at radius 2 is 1.05 bits per heavy atom. The van der Waals surface area contributed by atoms with E-state index in [-0.39, 0.29) is 0 Å². The lowest BCUT2D eigenvalue weighted by Gasteiger charge is -2.37. The molecule has 0 aliphatic rings. The van der Waals surface area contributed by atoms with Crippen LogP contribution in [0.2, 0.25) is 0 Å². The first-order valence-corrected chi connectivity index (χ1v) is 4.36. The molecule has 0 aromatic carbocycles. The highest BCUT2D eigenvalue weighted by Gasteiger charge is 2.87. The summed E-state index contributed by atoms with van der Waals surface area (Å²) in [7, 11) is 0. The molecular weight excluding hydrogens is 337 g/mol. The largest absolute Gasteiger partial charge is 0.478 e. The first-order chi connectivity index (χ1) is 8.85. The highest BCUT2D eigenvalue weighted by molar-refractivity contribution is 5.88. The third kappa shape index (κ3) is 2.52. The van der Waals surface area contributed by atoms with Gasteiger partial charge in [0.2, 0.25) is 0 Å². The van der Waals surface area contributed by atoms with Crippen molar-refractivity contribution in [1.82, 2.24) is 0 Å². The van der Waals surface area contributed by atoms with Crippen LogP contribution in [0.5, 0.6) is 0 Å². The molecule has 0 spiro atoms. The SMILES string of the molecule is C=C(C(=O)O)C(F)(F)C(F)(F)C(F)(F)C(F)(F)C(F)(F)F. The molecule has 0 radical (unpaired) electrons. The van der Waals surface area contributed by atoms with Gasteiger partial charge in [-0.1, -0.05) is 6.58 Å². The number of carboxylic acids is 1. The van der Waals surface area contributed by atoms with Crippen molar-refractivity contribution in [3.05, 3.63) is 12.2 Å². The maximum atomic E-state index is 12.8. The molecule has 0 aliphatic heterocycles. The van der Waals surface area contributed by atoms with Gasteiger partial charge in [-0.3, -0.25) is 0 Å². The minimum absolute atomic E-state index is 1.76. The number of hydrogen-bond acceptors (Lipinski definition) is 1. The number of halogens is 11. The Morgan fingerprint density at radius 1 is 0.714 bits per heavy atom. The van der Waals surface area contributed by atoms with Gasteiger partial charge in [-0.2, -0.15) is 48.3 Å². The summed E-state index contributed by atoms with van der Waals surface area (Å²) in [5, 5.41) is 7.94. The van der Waals surface area contributed by atoms with Crippen LogP contribution < -0.4 is 0 Å². The number of carboxylic acid groups (broad SMARTS) is 1. The molecule has 0 heterocycles. The quantitative estimate of drug-likeness (QED) is 0.612. The van der Waals surface area contributed by atoms with Gasteiger partial charge in [-0.05, 0) is 0 Å². The first kappa shape index (κ1) is 19.4. The second-order valence-electron chi connectivity index (χ2n) is 3.58. The fraction of sp³-hybridized carbons (Fsp3) is 0.625. The molecule has 0 bridgehead atoms. The average Bonchev–Trinajstić information content (AvgIpc) is 2.25. The third-order valence-corrected chi connectivity index (χ3v) is 2.18. The predicted molar refractivity (Wildman–Crippen MR) is 42.6 cm³/mol. The maximum absolute atomic E-state index is 12.8. The van der Waals surface area contributed by atoms with E-state index in [9.17, 15) is 53.1 Å². The van der Waals surface area contributed by atoms with Gasteiger partial charge in [0.25, 0.3) is 0 Å². The lowest BCUT2D eigenvalue weighted by Crippen LogP contribution is -2.67. The zero-order chi connectivity index (χ0) is 17.7. The van der Waals surface area contributed by atoms with Gasteiger partial charge in [-0.15, -0.1) is 0 Å². The molecule has 0 atom stereocenters. The molecule has 0 rings (SSSR count). The highest BCUT2D eigenvalue weighted by Crippen LogP contribution is 2.58. The summed E-state index contributed by atoms with van der Waals surface area (Å²) in [6.07, 6.45) is -7.29.